The van der Waals surface area contributed by atoms with Crippen LogP contribution in [0.1, 0.15) is 36.6 Å². The van der Waals surface area contributed by atoms with Gasteiger partial charge in [-0.2, -0.15) is 0 Å². The van der Waals surface area contributed by atoms with E-state index in [9.17, 15) is 13.2 Å². The number of hydrogen-bond acceptors (Lipinski definition) is 4. The maximum Gasteiger partial charge on any atom is 0.319 e. The fraction of sp³-hybridized carbons (Fsp3) is 0.389. The fourth-order valence-corrected chi connectivity index (χ4v) is 5.09. The number of benzene rings is 1. The third-order valence-corrected chi connectivity index (χ3v) is 6.65. The van der Waals surface area contributed by atoms with Crippen LogP contribution in [0.4, 0.5) is 10.5 Å². The van der Waals surface area contributed by atoms with Crippen LogP contribution in [0, 0.1) is 5.92 Å². The number of para-hydroxylation sites is 1. The molecule has 1 aliphatic carbocycles. The number of carbonyl (C=O) groups excluding carboxylic acids is 1. The minimum absolute atomic E-state index is 0.0344. The summed E-state index contributed by atoms with van der Waals surface area (Å²) in [5.41, 5.74) is 0.304. The van der Waals surface area contributed by atoms with E-state index < -0.39 is 9.84 Å². The van der Waals surface area contributed by atoms with Crippen molar-refractivity contribution in [2.75, 3.05) is 11.6 Å². The molecular formula is C18H22N2O3S2. The van der Waals surface area contributed by atoms with Gasteiger partial charge < -0.3 is 10.6 Å². The van der Waals surface area contributed by atoms with Crippen molar-refractivity contribution >= 4 is 32.9 Å². The van der Waals surface area contributed by atoms with E-state index in [-0.39, 0.29) is 17.0 Å². The summed E-state index contributed by atoms with van der Waals surface area (Å²) in [7, 11) is -3.41. The first-order chi connectivity index (χ1) is 11.9. The van der Waals surface area contributed by atoms with Gasteiger partial charge >= 0.3 is 6.03 Å². The Morgan fingerprint density at radius 3 is 2.52 bits per heavy atom. The Morgan fingerprint density at radius 1 is 1.16 bits per heavy atom. The Bertz CT molecular complexity index is 826. The van der Waals surface area contributed by atoms with Crippen LogP contribution >= 0.6 is 11.3 Å². The highest BCUT2D eigenvalue weighted by molar-refractivity contribution is 7.90. The van der Waals surface area contributed by atoms with Crippen LogP contribution in [0.5, 0.6) is 0 Å². The van der Waals surface area contributed by atoms with Crippen LogP contribution in [0.25, 0.3) is 0 Å². The van der Waals surface area contributed by atoms with Gasteiger partial charge in [0.2, 0.25) is 0 Å². The molecule has 0 bridgehead atoms. The van der Waals surface area contributed by atoms with Gasteiger partial charge in [-0.25, -0.2) is 13.2 Å². The zero-order valence-corrected chi connectivity index (χ0v) is 15.7. The molecule has 0 unspecified atom stereocenters. The predicted octanol–water partition coefficient (Wildman–Crippen LogP) is 4.20. The van der Waals surface area contributed by atoms with E-state index in [1.807, 2.05) is 17.5 Å². The maximum absolute atomic E-state index is 12.5. The third kappa shape index (κ3) is 4.41. The molecule has 1 fully saturated rings. The van der Waals surface area contributed by atoms with Crippen molar-refractivity contribution in [2.24, 2.45) is 5.92 Å². The molecule has 7 heteroatoms. The molecular weight excluding hydrogens is 356 g/mol. The van der Waals surface area contributed by atoms with Crippen molar-refractivity contribution in [1.82, 2.24) is 5.32 Å². The van der Waals surface area contributed by atoms with Crippen LogP contribution in [0.3, 0.4) is 0 Å². The largest absolute Gasteiger partial charge is 0.330 e. The lowest BCUT2D eigenvalue weighted by Gasteiger charge is -2.24. The van der Waals surface area contributed by atoms with Crippen molar-refractivity contribution in [3.8, 4) is 0 Å². The number of anilines is 1. The predicted molar refractivity (Wildman–Crippen MR) is 101 cm³/mol. The normalized spacial score (nSPS) is 16.5. The van der Waals surface area contributed by atoms with Crippen LogP contribution in [0.2, 0.25) is 0 Å². The molecule has 2 aromatic rings. The van der Waals surface area contributed by atoms with Crippen molar-refractivity contribution < 1.29 is 13.2 Å². The Morgan fingerprint density at radius 2 is 1.88 bits per heavy atom. The minimum atomic E-state index is -3.41. The number of amides is 2. The van der Waals surface area contributed by atoms with Gasteiger partial charge in [-0.05, 0) is 42.3 Å². The summed E-state index contributed by atoms with van der Waals surface area (Å²) in [4.78, 5) is 13.8. The number of rotatable bonds is 5. The van der Waals surface area contributed by atoms with Gasteiger partial charge in [0.25, 0.3) is 0 Å². The quantitative estimate of drug-likeness (QED) is 0.818. The molecule has 134 valence electrons. The highest BCUT2D eigenvalue weighted by Gasteiger charge is 2.28. The van der Waals surface area contributed by atoms with Crippen molar-refractivity contribution in [3.63, 3.8) is 0 Å². The first-order valence-electron chi connectivity index (χ1n) is 8.35. The summed E-state index contributed by atoms with van der Waals surface area (Å²) in [6.45, 7) is 0. The van der Waals surface area contributed by atoms with E-state index in [4.69, 9.17) is 0 Å². The van der Waals surface area contributed by atoms with E-state index in [0.29, 0.717) is 11.6 Å². The molecule has 5 nitrogen and oxygen atoms in total. The molecule has 1 heterocycles. The lowest BCUT2D eigenvalue weighted by molar-refractivity contribution is 0.243. The average Bonchev–Trinajstić information content (AvgIpc) is 3.26. The van der Waals surface area contributed by atoms with E-state index in [2.05, 4.69) is 10.6 Å². The fourth-order valence-electron chi connectivity index (χ4n) is 3.37. The van der Waals surface area contributed by atoms with Crippen molar-refractivity contribution in [2.45, 2.75) is 36.6 Å². The minimum Gasteiger partial charge on any atom is -0.330 e. The number of nitrogens with one attached hydrogen (secondary N) is 2. The van der Waals surface area contributed by atoms with Crippen LogP contribution < -0.4 is 10.6 Å². The molecule has 0 spiro atoms. The average molecular weight is 379 g/mol. The molecule has 25 heavy (non-hydrogen) atoms. The first-order valence-corrected chi connectivity index (χ1v) is 11.1. The SMILES string of the molecule is CS(=O)(=O)c1ccccc1NC(=O)N[C@@H](c1cccs1)C1CCCC1. The standard InChI is InChI=1S/C18H22N2O3S2/c1-25(22,23)16-11-5-4-9-14(16)19-18(21)20-17(13-7-2-3-8-13)15-10-6-12-24-15/h4-6,9-13,17H,2-3,7-8H2,1H3,(H2,19,20,21)/t17-/m1/s1. The highest BCUT2D eigenvalue weighted by Crippen LogP contribution is 2.37. The second kappa shape index (κ2) is 7.58. The van der Waals surface area contributed by atoms with E-state index in [0.717, 1.165) is 24.0 Å². The third-order valence-electron chi connectivity index (χ3n) is 4.54. The zero-order chi connectivity index (χ0) is 17.9. The zero-order valence-electron chi connectivity index (χ0n) is 14.1. The molecule has 1 saturated carbocycles. The maximum atomic E-state index is 12.5. The first kappa shape index (κ1) is 17.9. The van der Waals surface area contributed by atoms with Gasteiger partial charge in [0.15, 0.2) is 9.84 Å². The molecule has 2 amide bonds. The molecule has 0 aliphatic heterocycles. The number of urea groups is 1. The van der Waals surface area contributed by atoms with Gasteiger partial charge in [0.05, 0.1) is 16.6 Å². The van der Waals surface area contributed by atoms with E-state index in [1.165, 1.54) is 18.9 Å². The molecule has 2 N–H and O–H groups in total. The van der Waals surface area contributed by atoms with E-state index >= 15 is 0 Å². The molecule has 0 saturated heterocycles. The summed E-state index contributed by atoms with van der Waals surface area (Å²) in [6, 6.07) is 10.1. The van der Waals surface area contributed by atoms with Gasteiger partial charge in [-0.15, -0.1) is 11.3 Å². The summed E-state index contributed by atoms with van der Waals surface area (Å²) in [5.74, 6) is 0.426. The lowest BCUT2D eigenvalue weighted by atomic mass is 9.97. The lowest BCUT2D eigenvalue weighted by Crippen LogP contribution is -2.35. The molecule has 1 aromatic heterocycles. The smallest absolute Gasteiger partial charge is 0.319 e. The summed E-state index contributed by atoms with van der Waals surface area (Å²) in [5, 5.41) is 7.77. The number of sulfone groups is 1. The Labute approximate surface area is 152 Å². The van der Waals surface area contributed by atoms with Gasteiger partial charge in [0.1, 0.15) is 0 Å². The molecule has 1 atom stereocenters. The van der Waals surface area contributed by atoms with E-state index in [1.54, 1.807) is 29.5 Å². The Kier molecular flexibility index (Phi) is 5.44. The number of thiophene rings is 1. The second-order valence-corrected chi connectivity index (χ2v) is 9.37. The summed E-state index contributed by atoms with van der Waals surface area (Å²) >= 11 is 1.64. The topological polar surface area (TPSA) is 75.3 Å². The number of hydrogen-bond donors (Lipinski definition) is 2. The molecule has 1 aromatic carbocycles. The molecule has 1 aliphatic rings. The van der Waals surface area contributed by atoms with Crippen molar-refractivity contribution in [1.29, 1.82) is 0 Å². The van der Waals surface area contributed by atoms with Crippen LogP contribution in [0.15, 0.2) is 46.7 Å². The van der Waals surface area contributed by atoms with Crippen LogP contribution in [-0.4, -0.2) is 20.7 Å². The van der Waals surface area contributed by atoms with Crippen molar-refractivity contribution in [3.05, 3.63) is 46.7 Å². The van der Waals surface area contributed by atoms with Crippen LogP contribution in [-0.2, 0) is 9.84 Å². The van der Waals surface area contributed by atoms with Gasteiger partial charge in [-0.3, -0.25) is 0 Å². The van der Waals surface area contributed by atoms with Gasteiger partial charge in [0, 0.05) is 11.1 Å². The summed E-state index contributed by atoms with van der Waals surface area (Å²) < 4.78 is 23.8. The molecule has 3 rings (SSSR count). The monoisotopic (exact) mass is 378 g/mol. The second-order valence-electron chi connectivity index (χ2n) is 6.40. The number of carbonyl (C=O) groups is 1. The molecule has 0 radical (unpaired) electrons. The summed E-state index contributed by atoms with van der Waals surface area (Å²) in [6.07, 6.45) is 5.71. The van der Waals surface area contributed by atoms with Gasteiger partial charge in [-0.1, -0.05) is 31.0 Å². The highest BCUT2D eigenvalue weighted by atomic mass is 32.2. The Hall–Kier alpha value is -1.86. The Balaban J connectivity index is 1.77.